The molecule has 0 saturated heterocycles. The van der Waals surface area contributed by atoms with E-state index in [0.717, 1.165) is 37.1 Å². The molecule has 1 aromatic carbocycles. The van der Waals surface area contributed by atoms with E-state index in [1.807, 2.05) is 0 Å². The van der Waals surface area contributed by atoms with E-state index in [2.05, 4.69) is 57.8 Å². The van der Waals surface area contributed by atoms with Crippen molar-refractivity contribution in [3.05, 3.63) is 29.1 Å². The fraction of sp³-hybridized carbons (Fsp3) is 0.700. The molecule has 3 heteroatoms. The van der Waals surface area contributed by atoms with Crippen molar-refractivity contribution in [2.45, 2.75) is 84.8 Å². The highest BCUT2D eigenvalue weighted by atomic mass is 19.1. The van der Waals surface area contributed by atoms with Crippen LogP contribution >= 0.6 is 0 Å². The van der Waals surface area contributed by atoms with Crippen molar-refractivity contribution in [2.24, 2.45) is 0 Å². The molecule has 0 radical (unpaired) electrons. The second kappa shape index (κ2) is 7.21. The lowest BCUT2D eigenvalue weighted by molar-refractivity contribution is 0.372. The largest absolute Gasteiger partial charge is 0.366 e. The summed E-state index contributed by atoms with van der Waals surface area (Å²) in [6.45, 7) is 14.8. The van der Waals surface area contributed by atoms with Crippen LogP contribution in [0.4, 0.5) is 10.1 Å². The average Bonchev–Trinajstić information content (AvgIpc) is 2.44. The number of unbranched alkanes of at least 4 members (excludes halogenated alkanes) is 1. The van der Waals surface area contributed by atoms with Crippen LogP contribution in [0, 0.1) is 5.82 Å². The molecule has 2 rings (SSSR count). The van der Waals surface area contributed by atoms with Gasteiger partial charge in [0.05, 0.1) is 0 Å². The standard InChI is InChI=1S/C20H33FN2/c1-7-8-9-23-19-11-18(21)16(13-22-14(2)3)10-17(19)15(4)12-20(23,5)6/h10-11,14-15,22H,7-9,12-13H2,1-6H3. The number of benzene rings is 1. The maximum Gasteiger partial charge on any atom is 0.129 e. The summed E-state index contributed by atoms with van der Waals surface area (Å²) in [5, 5.41) is 3.33. The fourth-order valence-electron chi connectivity index (χ4n) is 3.74. The lowest BCUT2D eigenvalue weighted by Crippen LogP contribution is -2.49. The first kappa shape index (κ1) is 18.3. The van der Waals surface area contributed by atoms with Crippen LogP contribution in [0.15, 0.2) is 12.1 Å². The van der Waals surface area contributed by atoms with Crippen molar-refractivity contribution in [3.63, 3.8) is 0 Å². The Hall–Kier alpha value is -1.09. The van der Waals surface area contributed by atoms with Crippen LogP contribution in [-0.4, -0.2) is 18.1 Å². The summed E-state index contributed by atoms with van der Waals surface area (Å²) < 4.78 is 14.6. The molecular formula is C20H33FN2. The molecule has 1 unspecified atom stereocenters. The van der Waals surface area contributed by atoms with Crippen LogP contribution in [-0.2, 0) is 6.54 Å². The quantitative estimate of drug-likeness (QED) is 0.773. The number of rotatable bonds is 6. The minimum Gasteiger partial charge on any atom is -0.366 e. The molecule has 1 N–H and O–H groups in total. The number of halogens is 1. The van der Waals surface area contributed by atoms with Gasteiger partial charge in [-0.1, -0.05) is 34.1 Å². The Morgan fingerprint density at radius 3 is 2.65 bits per heavy atom. The van der Waals surface area contributed by atoms with Gasteiger partial charge in [0, 0.05) is 35.9 Å². The van der Waals surface area contributed by atoms with Crippen LogP contribution in [0.25, 0.3) is 0 Å². The van der Waals surface area contributed by atoms with E-state index in [0.29, 0.717) is 18.5 Å². The maximum atomic E-state index is 14.6. The summed E-state index contributed by atoms with van der Waals surface area (Å²) in [6.07, 6.45) is 3.43. The summed E-state index contributed by atoms with van der Waals surface area (Å²) >= 11 is 0. The van der Waals surface area contributed by atoms with Crippen molar-refractivity contribution in [1.82, 2.24) is 5.32 Å². The highest BCUT2D eigenvalue weighted by Gasteiger charge is 2.36. The molecule has 1 aromatic rings. The Balaban J connectivity index is 2.38. The molecule has 0 saturated carbocycles. The Bertz CT molecular complexity index is 537. The average molecular weight is 320 g/mol. The molecule has 1 aliphatic heterocycles. The minimum atomic E-state index is -0.0803. The van der Waals surface area contributed by atoms with E-state index in [1.54, 1.807) is 6.07 Å². The number of anilines is 1. The van der Waals surface area contributed by atoms with Crippen molar-refractivity contribution in [3.8, 4) is 0 Å². The van der Waals surface area contributed by atoms with Crippen LogP contribution < -0.4 is 10.2 Å². The number of hydrogen-bond donors (Lipinski definition) is 1. The first-order valence-corrected chi connectivity index (χ1v) is 9.09. The van der Waals surface area contributed by atoms with Gasteiger partial charge in [0.2, 0.25) is 0 Å². The smallest absolute Gasteiger partial charge is 0.129 e. The zero-order chi connectivity index (χ0) is 17.2. The van der Waals surface area contributed by atoms with Crippen LogP contribution in [0.3, 0.4) is 0 Å². The third-order valence-corrected chi connectivity index (χ3v) is 4.99. The third kappa shape index (κ3) is 4.06. The van der Waals surface area contributed by atoms with Gasteiger partial charge in [-0.15, -0.1) is 0 Å². The van der Waals surface area contributed by atoms with Crippen LogP contribution in [0.1, 0.15) is 77.8 Å². The summed E-state index contributed by atoms with van der Waals surface area (Å²) in [5.74, 6) is 0.388. The molecule has 0 aliphatic carbocycles. The van der Waals surface area contributed by atoms with Gasteiger partial charge >= 0.3 is 0 Å². The highest BCUT2D eigenvalue weighted by molar-refractivity contribution is 5.61. The monoisotopic (exact) mass is 320 g/mol. The van der Waals surface area contributed by atoms with E-state index in [9.17, 15) is 4.39 Å². The first-order chi connectivity index (χ1) is 10.8. The normalized spacial score (nSPS) is 20.0. The van der Waals surface area contributed by atoms with E-state index in [4.69, 9.17) is 0 Å². The fourth-order valence-corrected chi connectivity index (χ4v) is 3.74. The molecule has 0 fully saturated rings. The van der Waals surface area contributed by atoms with Gasteiger partial charge in [-0.2, -0.15) is 0 Å². The van der Waals surface area contributed by atoms with Crippen molar-refractivity contribution in [2.75, 3.05) is 11.4 Å². The Kier molecular flexibility index (Phi) is 5.72. The summed E-state index contributed by atoms with van der Waals surface area (Å²) in [6, 6.07) is 4.24. The Labute approximate surface area is 141 Å². The van der Waals surface area contributed by atoms with Crippen LogP contribution in [0.2, 0.25) is 0 Å². The number of hydrogen-bond acceptors (Lipinski definition) is 2. The van der Waals surface area contributed by atoms with Gasteiger partial charge in [-0.3, -0.25) is 0 Å². The first-order valence-electron chi connectivity index (χ1n) is 9.09. The summed E-state index contributed by atoms with van der Waals surface area (Å²) in [5.41, 5.74) is 3.29. The maximum absolute atomic E-state index is 14.6. The molecule has 0 spiro atoms. The molecular weight excluding hydrogens is 287 g/mol. The molecule has 130 valence electrons. The predicted octanol–water partition coefficient (Wildman–Crippen LogP) is 5.22. The topological polar surface area (TPSA) is 15.3 Å². The Morgan fingerprint density at radius 2 is 2.04 bits per heavy atom. The van der Waals surface area contributed by atoms with Gasteiger partial charge in [0.1, 0.15) is 5.82 Å². The second-order valence-corrected chi connectivity index (χ2v) is 7.96. The Morgan fingerprint density at radius 1 is 1.35 bits per heavy atom. The van der Waals surface area contributed by atoms with Gasteiger partial charge in [-0.25, -0.2) is 4.39 Å². The molecule has 1 heterocycles. The minimum absolute atomic E-state index is 0.0803. The molecule has 1 aliphatic rings. The second-order valence-electron chi connectivity index (χ2n) is 7.96. The number of fused-ring (bicyclic) bond motifs is 1. The van der Waals surface area contributed by atoms with E-state index in [1.165, 1.54) is 5.56 Å². The van der Waals surface area contributed by atoms with Gasteiger partial charge in [-0.05, 0) is 50.3 Å². The molecule has 23 heavy (non-hydrogen) atoms. The number of nitrogens with zero attached hydrogens (tertiary/aromatic N) is 1. The molecule has 2 nitrogen and oxygen atoms in total. The lowest BCUT2D eigenvalue weighted by atomic mass is 9.79. The lowest BCUT2D eigenvalue weighted by Gasteiger charge is -2.48. The van der Waals surface area contributed by atoms with Crippen molar-refractivity contribution < 1.29 is 4.39 Å². The van der Waals surface area contributed by atoms with E-state index < -0.39 is 0 Å². The van der Waals surface area contributed by atoms with Crippen molar-refractivity contribution >= 4 is 5.69 Å². The van der Waals surface area contributed by atoms with Crippen LogP contribution in [0.5, 0.6) is 0 Å². The molecule has 1 atom stereocenters. The molecule has 0 bridgehead atoms. The van der Waals surface area contributed by atoms with E-state index >= 15 is 0 Å². The van der Waals surface area contributed by atoms with Gasteiger partial charge in [0.25, 0.3) is 0 Å². The number of nitrogens with one attached hydrogen (secondary N) is 1. The summed E-state index contributed by atoms with van der Waals surface area (Å²) in [4.78, 5) is 2.43. The van der Waals surface area contributed by atoms with Crippen molar-refractivity contribution in [1.29, 1.82) is 0 Å². The van der Waals surface area contributed by atoms with Gasteiger partial charge < -0.3 is 10.2 Å². The SMILES string of the molecule is CCCCN1c2cc(F)c(CNC(C)C)cc2C(C)CC1(C)C. The van der Waals surface area contributed by atoms with Gasteiger partial charge in [0.15, 0.2) is 0 Å². The van der Waals surface area contributed by atoms with E-state index in [-0.39, 0.29) is 11.4 Å². The third-order valence-electron chi connectivity index (χ3n) is 4.99. The summed E-state index contributed by atoms with van der Waals surface area (Å²) in [7, 11) is 0. The highest BCUT2D eigenvalue weighted by Crippen LogP contribution is 2.44. The molecule has 0 amide bonds. The zero-order valence-electron chi connectivity index (χ0n) is 15.7. The molecule has 0 aromatic heterocycles. The predicted molar refractivity (Wildman–Crippen MR) is 97.7 cm³/mol. The zero-order valence-corrected chi connectivity index (χ0v) is 15.7.